The van der Waals surface area contributed by atoms with Crippen LogP contribution in [0.4, 0.5) is 0 Å². The van der Waals surface area contributed by atoms with E-state index in [0.29, 0.717) is 24.5 Å². The zero-order valence-electron chi connectivity index (χ0n) is 11.0. The molecule has 2 heterocycles. The molecule has 1 aliphatic rings. The van der Waals surface area contributed by atoms with Crippen molar-refractivity contribution < 1.29 is 14.3 Å². The van der Waals surface area contributed by atoms with Gasteiger partial charge in [0, 0.05) is 19.9 Å². The van der Waals surface area contributed by atoms with Gasteiger partial charge in [0.1, 0.15) is 6.10 Å². The minimum Gasteiger partial charge on any atom is -0.458 e. The maximum atomic E-state index is 11.8. The predicted molar refractivity (Wildman–Crippen MR) is 71.3 cm³/mol. The molecule has 7 nitrogen and oxygen atoms in total. The average Bonchev–Trinajstić information content (AvgIpc) is 2.87. The van der Waals surface area contributed by atoms with Gasteiger partial charge in [-0.2, -0.15) is 0 Å². The molecule has 1 aliphatic heterocycles. The summed E-state index contributed by atoms with van der Waals surface area (Å²) < 4.78 is 5.57. The van der Waals surface area contributed by atoms with E-state index in [1.165, 1.54) is 19.3 Å². The summed E-state index contributed by atoms with van der Waals surface area (Å²) in [6.07, 6.45) is 3.48. The number of carbonyl (C=O) groups excluding carboxylic acids is 2. The van der Waals surface area contributed by atoms with E-state index in [-0.39, 0.29) is 30.5 Å². The number of nitrogens with zero attached hydrogens (tertiary/aromatic N) is 3. The number of ether oxygens (including phenoxy) is 1. The molecule has 2 amide bonds. The minimum absolute atomic E-state index is 0.0134. The predicted octanol–water partition coefficient (Wildman–Crippen LogP) is 0.246. The zero-order valence-corrected chi connectivity index (χ0v) is 11.8. The average molecular weight is 299 g/mol. The van der Waals surface area contributed by atoms with Crippen LogP contribution in [0.2, 0.25) is 5.02 Å². The van der Waals surface area contributed by atoms with Crippen molar-refractivity contribution in [3.63, 3.8) is 0 Å². The first-order valence-electron chi connectivity index (χ1n) is 6.21. The highest BCUT2D eigenvalue weighted by molar-refractivity contribution is 6.30. The van der Waals surface area contributed by atoms with Crippen molar-refractivity contribution >= 4 is 23.4 Å². The number of halogens is 1. The van der Waals surface area contributed by atoms with Gasteiger partial charge in [0.2, 0.25) is 11.8 Å². The Morgan fingerprint density at radius 1 is 1.50 bits per heavy atom. The van der Waals surface area contributed by atoms with Gasteiger partial charge in [0.05, 0.1) is 30.5 Å². The number of carbonyl (C=O) groups is 2. The highest BCUT2D eigenvalue weighted by Gasteiger charge is 2.28. The van der Waals surface area contributed by atoms with Gasteiger partial charge in [0.15, 0.2) is 0 Å². The summed E-state index contributed by atoms with van der Waals surface area (Å²) >= 11 is 5.69. The maximum Gasteiger partial charge on any atom is 0.316 e. The fourth-order valence-electron chi connectivity index (χ4n) is 1.87. The van der Waals surface area contributed by atoms with Crippen molar-refractivity contribution in [2.24, 2.45) is 0 Å². The molecule has 1 aromatic rings. The third-order valence-corrected chi connectivity index (χ3v) is 3.05. The molecule has 0 aliphatic carbocycles. The van der Waals surface area contributed by atoms with Crippen LogP contribution >= 0.6 is 11.6 Å². The van der Waals surface area contributed by atoms with Crippen LogP contribution in [0.1, 0.15) is 13.3 Å². The topological polar surface area (TPSA) is 84.4 Å². The van der Waals surface area contributed by atoms with Crippen LogP contribution in [-0.2, 0) is 9.59 Å². The number of aromatic nitrogens is 2. The van der Waals surface area contributed by atoms with Crippen LogP contribution in [0.25, 0.3) is 0 Å². The molecule has 1 saturated heterocycles. The first-order chi connectivity index (χ1) is 9.54. The smallest absolute Gasteiger partial charge is 0.316 e. The van der Waals surface area contributed by atoms with Gasteiger partial charge < -0.3 is 15.0 Å². The van der Waals surface area contributed by atoms with Crippen molar-refractivity contribution in [1.82, 2.24) is 20.2 Å². The third-order valence-electron chi connectivity index (χ3n) is 2.85. The van der Waals surface area contributed by atoms with E-state index in [1.54, 1.807) is 4.90 Å². The summed E-state index contributed by atoms with van der Waals surface area (Å²) in [5, 5.41) is 2.92. The SMILES string of the molecule is CC(=O)NCC(=O)N1CC[C@@H](Oc2ncc(Cl)cn2)C1. The van der Waals surface area contributed by atoms with Crippen LogP contribution in [-0.4, -0.2) is 52.4 Å². The van der Waals surface area contributed by atoms with E-state index in [9.17, 15) is 9.59 Å². The van der Waals surface area contributed by atoms with Crippen molar-refractivity contribution in [3.8, 4) is 6.01 Å². The fourth-order valence-corrected chi connectivity index (χ4v) is 1.97. The Balaban J connectivity index is 1.81. The number of hydrogen-bond donors (Lipinski definition) is 1. The van der Waals surface area contributed by atoms with Crippen molar-refractivity contribution in [2.45, 2.75) is 19.4 Å². The summed E-state index contributed by atoms with van der Waals surface area (Å²) in [5.74, 6) is -0.344. The fraction of sp³-hybridized carbons (Fsp3) is 0.500. The molecule has 2 rings (SSSR count). The number of likely N-dealkylation sites (tertiary alicyclic amines) is 1. The molecular weight excluding hydrogens is 284 g/mol. The van der Waals surface area contributed by atoms with Crippen molar-refractivity contribution in [1.29, 1.82) is 0 Å². The second kappa shape index (κ2) is 6.51. The van der Waals surface area contributed by atoms with Crippen LogP contribution in [0.5, 0.6) is 6.01 Å². The summed E-state index contributed by atoms with van der Waals surface area (Å²) in [7, 11) is 0. The monoisotopic (exact) mass is 298 g/mol. The van der Waals surface area contributed by atoms with Crippen molar-refractivity contribution in [2.75, 3.05) is 19.6 Å². The minimum atomic E-state index is -0.222. The molecule has 8 heteroatoms. The van der Waals surface area contributed by atoms with Crippen molar-refractivity contribution in [3.05, 3.63) is 17.4 Å². The summed E-state index contributed by atoms with van der Waals surface area (Å²) in [6.45, 7) is 2.45. The van der Waals surface area contributed by atoms with E-state index in [4.69, 9.17) is 16.3 Å². The van der Waals surface area contributed by atoms with Gasteiger partial charge in [-0.3, -0.25) is 9.59 Å². The molecule has 0 aromatic carbocycles. The first kappa shape index (κ1) is 14.5. The highest BCUT2D eigenvalue weighted by Crippen LogP contribution is 2.15. The molecule has 0 radical (unpaired) electrons. The van der Waals surface area contributed by atoms with Crippen LogP contribution in [0.3, 0.4) is 0 Å². The van der Waals surface area contributed by atoms with Gasteiger partial charge >= 0.3 is 6.01 Å². The molecule has 108 valence electrons. The Kier molecular flexibility index (Phi) is 4.73. The van der Waals surface area contributed by atoms with Gasteiger partial charge in [-0.1, -0.05) is 11.6 Å². The largest absolute Gasteiger partial charge is 0.458 e. The van der Waals surface area contributed by atoms with E-state index < -0.39 is 0 Å². The third kappa shape index (κ3) is 4.06. The maximum absolute atomic E-state index is 11.8. The van der Waals surface area contributed by atoms with E-state index in [0.717, 1.165) is 0 Å². The Morgan fingerprint density at radius 3 is 2.85 bits per heavy atom. The standard InChI is InChI=1S/C12H15ClN4O3/c1-8(18)14-6-11(19)17-3-2-10(7-17)20-12-15-4-9(13)5-16-12/h4-5,10H,2-3,6-7H2,1H3,(H,14,18)/t10-/m1/s1. The molecule has 0 unspecified atom stereocenters. The lowest BCUT2D eigenvalue weighted by Crippen LogP contribution is -2.39. The van der Waals surface area contributed by atoms with Gasteiger partial charge in [-0.25, -0.2) is 9.97 Å². The van der Waals surface area contributed by atoms with Gasteiger partial charge in [0.25, 0.3) is 0 Å². The van der Waals surface area contributed by atoms with E-state index >= 15 is 0 Å². The molecule has 0 saturated carbocycles. The first-order valence-corrected chi connectivity index (χ1v) is 6.59. The van der Waals surface area contributed by atoms with Crippen LogP contribution in [0.15, 0.2) is 12.4 Å². The van der Waals surface area contributed by atoms with E-state index in [2.05, 4.69) is 15.3 Å². The number of hydrogen-bond acceptors (Lipinski definition) is 5. The van der Waals surface area contributed by atoms with Crippen LogP contribution in [0, 0.1) is 0 Å². The zero-order chi connectivity index (χ0) is 14.5. The summed E-state index contributed by atoms with van der Waals surface area (Å²) in [6, 6.07) is 0.246. The Morgan fingerprint density at radius 2 is 2.20 bits per heavy atom. The lowest BCUT2D eigenvalue weighted by Gasteiger charge is -2.16. The number of amides is 2. The summed E-state index contributed by atoms with van der Waals surface area (Å²) in [5.41, 5.74) is 0. The Hall–Kier alpha value is -1.89. The normalized spacial score (nSPS) is 17.9. The number of rotatable bonds is 4. The Bertz CT molecular complexity index is 494. The number of nitrogens with one attached hydrogen (secondary N) is 1. The van der Waals surface area contributed by atoms with Gasteiger partial charge in [-0.05, 0) is 0 Å². The van der Waals surface area contributed by atoms with Crippen LogP contribution < -0.4 is 10.1 Å². The summed E-state index contributed by atoms with van der Waals surface area (Å²) in [4.78, 5) is 32.1. The molecule has 0 spiro atoms. The highest BCUT2D eigenvalue weighted by atomic mass is 35.5. The molecule has 0 bridgehead atoms. The lowest BCUT2D eigenvalue weighted by atomic mass is 10.3. The Labute approximate surface area is 121 Å². The second-order valence-corrected chi connectivity index (χ2v) is 4.90. The molecule has 1 fully saturated rings. The molecular formula is C12H15ClN4O3. The second-order valence-electron chi connectivity index (χ2n) is 4.46. The van der Waals surface area contributed by atoms with Gasteiger partial charge in [-0.15, -0.1) is 0 Å². The molecule has 20 heavy (non-hydrogen) atoms. The van der Waals surface area contributed by atoms with E-state index in [1.807, 2.05) is 0 Å². The molecule has 1 atom stereocenters. The lowest BCUT2D eigenvalue weighted by molar-refractivity contribution is -0.131. The quantitative estimate of drug-likeness (QED) is 0.861. The molecule has 1 N–H and O–H groups in total. The molecule has 1 aromatic heterocycles.